The number of hydrogen-bond acceptors (Lipinski definition) is 4. The van der Waals surface area contributed by atoms with Crippen LogP contribution >= 0.6 is 11.3 Å². The van der Waals surface area contributed by atoms with E-state index in [4.69, 9.17) is 0 Å². The van der Waals surface area contributed by atoms with Crippen LogP contribution in [0.3, 0.4) is 0 Å². The molecule has 2 heterocycles. The standard InChI is InChI=1S/C10H11N3OS/c1-7-6-15-10(13(7)2)12-9-8(14)4-3-5-11-9/h3-6,14H,1-2H3/b12-10-. The third-order valence-corrected chi connectivity index (χ3v) is 3.15. The van der Waals surface area contributed by atoms with Crippen LogP contribution < -0.4 is 4.80 Å². The first-order valence-electron chi connectivity index (χ1n) is 4.48. The number of pyridine rings is 1. The van der Waals surface area contributed by atoms with Crippen molar-refractivity contribution < 1.29 is 5.11 Å². The Morgan fingerprint density at radius 3 is 2.93 bits per heavy atom. The Kier molecular flexibility index (Phi) is 2.55. The largest absolute Gasteiger partial charge is 0.504 e. The van der Waals surface area contributed by atoms with Crippen molar-refractivity contribution in [1.29, 1.82) is 0 Å². The molecular formula is C10H11N3OS. The van der Waals surface area contributed by atoms with Crippen molar-refractivity contribution in [1.82, 2.24) is 9.55 Å². The number of aromatic nitrogens is 2. The van der Waals surface area contributed by atoms with E-state index in [1.165, 1.54) is 11.3 Å². The molecule has 2 rings (SSSR count). The second-order valence-electron chi connectivity index (χ2n) is 3.18. The molecular weight excluding hydrogens is 210 g/mol. The second-order valence-corrected chi connectivity index (χ2v) is 4.01. The van der Waals surface area contributed by atoms with Gasteiger partial charge in [-0.15, -0.1) is 11.3 Å². The van der Waals surface area contributed by atoms with Crippen molar-refractivity contribution in [3.63, 3.8) is 0 Å². The van der Waals surface area contributed by atoms with Gasteiger partial charge in [0.25, 0.3) is 0 Å². The van der Waals surface area contributed by atoms with Crippen LogP contribution in [0.15, 0.2) is 28.7 Å². The molecule has 0 amide bonds. The molecule has 0 atom stereocenters. The molecule has 78 valence electrons. The average Bonchev–Trinajstić information content (AvgIpc) is 2.53. The molecule has 0 aliphatic rings. The van der Waals surface area contributed by atoms with Crippen LogP contribution in [0, 0.1) is 6.92 Å². The van der Waals surface area contributed by atoms with Crippen LogP contribution in [0.1, 0.15) is 5.69 Å². The molecule has 0 unspecified atom stereocenters. The van der Waals surface area contributed by atoms with Crippen molar-refractivity contribution in [2.24, 2.45) is 12.0 Å². The number of hydrogen-bond donors (Lipinski definition) is 1. The van der Waals surface area contributed by atoms with Gasteiger partial charge >= 0.3 is 0 Å². The zero-order chi connectivity index (χ0) is 10.8. The van der Waals surface area contributed by atoms with Crippen LogP contribution in [-0.4, -0.2) is 14.7 Å². The number of thiazole rings is 1. The maximum atomic E-state index is 9.51. The van der Waals surface area contributed by atoms with Crippen molar-refractivity contribution >= 4 is 17.2 Å². The highest BCUT2D eigenvalue weighted by molar-refractivity contribution is 7.07. The normalized spacial score (nSPS) is 12.0. The maximum absolute atomic E-state index is 9.51. The van der Waals surface area contributed by atoms with E-state index >= 15 is 0 Å². The molecule has 2 aromatic heterocycles. The van der Waals surface area contributed by atoms with Gasteiger partial charge in [0.1, 0.15) is 0 Å². The lowest BCUT2D eigenvalue weighted by molar-refractivity contribution is 0.474. The molecule has 0 fully saturated rings. The van der Waals surface area contributed by atoms with E-state index in [2.05, 4.69) is 9.98 Å². The Morgan fingerprint density at radius 2 is 2.33 bits per heavy atom. The molecule has 0 saturated heterocycles. The minimum absolute atomic E-state index is 0.101. The van der Waals surface area contributed by atoms with Crippen LogP contribution in [0.4, 0.5) is 5.82 Å². The SMILES string of the molecule is Cc1cs/c(=N\c2ncccc2O)n1C. The summed E-state index contributed by atoms with van der Waals surface area (Å²) in [7, 11) is 1.94. The van der Waals surface area contributed by atoms with E-state index in [9.17, 15) is 5.11 Å². The third kappa shape index (κ3) is 1.92. The van der Waals surface area contributed by atoms with Crippen LogP contribution in [0.25, 0.3) is 0 Å². The zero-order valence-corrected chi connectivity index (χ0v) is 9.32. The Balaban J connectivity index is 2.56. The maximum Gasteiger partial charge on any atom is 0.197 e. The molecule has 2 aromatic rings. The zero-order valence-electron chi connectivity index (χ0n) is 8.51. The Hall–Kier alpha value is -1.62. The lowest BCUT2D eigenvalue weighted by Gasteiger charge is -1.96. The van der Waals surface area contributed by atoms with Crippen LogP contribution in [0.5, 0.6) is 5.75 Å². The van der Waals surface area contributed by atoms with Gasteiger partial charge in [-0.2, -0.15) is 4.99 Å². The minimum Gasteiger partial charge on any atom is -0.504 e. The summed E-state index contributed by atoms with van der Waals surface area (Å²) in [6.07, 6.45) is 1.61. The van der Waals surface area contributed by atoms with Gasteiger partial charge in [-0.3, -0.25) is 0 Å². The summed E-state index contributed by atoms with van der Waals surface area (Å²) in [5.41, 5.74) is 1.13. The first-order chi connectivity index (χ1) is 7.18. The van der Waals surface area contributed by atoms with E-state index in [0.29, 0.717) is 5.82 Å². The highest BCUT2D eigenvalue weighted by Gasteiger charge is 2.00. The van der Waals surface area contributed by atoms with Gasteiger partial charge in [0.05, 0.1) is 0 Å². The number of nitrogens with zero attached hydrogens (tertiary/aromatic N) is 3. The molecule has 0 saturated carbocycles. The quantitative estimate of drug-likeness (QED) is 0.797. The van der Waals surface area contributed by atoms with Gasteiger partial charge in [-0.1, -0.05) is 0 Å². The Morgan fingerprint density at radius 1 is 1.53 bits per heavy atom. The van der Waals surface area contributed by atoms with Crippen LogP contribution in [-0.2, 0) is 7.05 Å². The number of rotatable bonds is 1. The first kappa shape index (κ1) is 9.92. The smallest absolute Gasteiger partial charge is 0.197 e. The summed E-state index contributed by atoms with van der Waals surface area (Å²) in [5, 5.41) is 11.5. The van der Waals surface area contributed by atoms with Crippen molar-refractivity contribution in [3.8, 4) is 5.75 Å². The number of aromatic hydroxyl groups is 1. The summed E-state index contributed by atoms with van der Waals surface area (Å²) in [5.74, 6) is 0.457. The van der Waals surface area contributed by atoms with Gasteiger partial charge in [0.15, 0.2) is 16.4 Å². The van der Waals surface area contributed by atoms with Gasteiger partial charge in [0.2, 0.25) is 0 Å². The summed E-state index contributed by atoms with van der Waals surface area (Å²) >= 11 is 1.52. The first-order valence-corrected chi connectivity index (χ1v) is 5.36. The monoisotopic (exact) mass is 221 g/mol. The predicted octanol–water partition coefficient (Wildman–Crippen LogP) is 1.73. The fraction of sp³-hybridized carbons (Fsp3) is 0.200. The number of aryl methyl sites for hydroxylation is 1. The third-order valence-electron chi connectivity index (χ3n) is 2.12. The molecule has 0 spiro atoms. The molecule has 0 radical (unpaired) electrons. The summed E-state index contributed by atoms with van der Waals surface area (Å²) in [6, 6.07) is 3.25. The predicted molar refractivity (Wildman–Crippen MR) is 59.2 cm³/mol. The van der Waals surface area contributed by atoms with E-state index < -0.39 is 0 Å². The highest BCUT2D eigenvalue weighted by atomic mass is 32.1. The van der Waals surface area contributed by atoms with Crippen LogP contribution in [0.2, 0.25) is 0 Å². The molecule has 0 aromatic carbocycles. The van der Waals surface area contributed by atoms with Gasteiger partial charge in [-0.05, 0) is 19.1 Å². The van der Waals surface area contributed by atoms with Gasteiger partial charge < -0.3 is 9.67 Å². The summed E-state index contributed by atoms with van der Waals surface area (Å²) in [6.45, 7) is 2.01. The lowest BCUT2D eigenvalue weighted by Crippen LogP contribution is -2.10. The van der Waals surface area contributed by atoms with Crippen molar-refractivity contribution in [2.75, 3.05) is 0 Å². The second kappa shape index (κ2) is 3.86. The van der Waals surface area contributed by atoms with Gasteiger partial charge in [0, 0.05) is 24.3 Å². The van der Waals surface area contributed by atoms with Gasteiger partial charge in [-0.25, -0.2) is 4.98 Å². The molecule has 15 heavy (non-hydrogen) atoms. The van der Waals surface area contributed by atoms with E-state index in [1.54, 1.807) is 18.3 Å². The lowest BCUT2D eigenvalue weighted by atomic mass is 10.4. The van der Waals surface area contributed by atoms with Crippen molar-refractivity contribution in [2.45, 2.75) is 6.92 Å². The summed E-state index contributed by atoms with van der Waals surface area (Å²) < 4.78 is 1.96. The van der Waals surface area contributed by atoms with Crippen molar-refractivity contribution in [3.05, 3.63) is 34.2 Å². The molecule has 0 bridgehead atoms. The summed E-state index contributed by atoms with van der Waals surface area (Å²) in [4.78, 5) is 9.10. The Bertz CT molecular complexity index is 542. The molecule has 0 aliphatic heterocycles. The molecule has 0 aliphatic carbocycles. The highest BCUT2D eigenvalue weighted by Crippen LogP contribution is 2.20. The Labute approximate surface area is 91.2 Å². The fourth-order valence-corrected chi connectivity index (χ4v) is 1.99. The van der Waals surface area contributed by atoms with E-state index in [1.807, 2.05) is 23.9 Å². The minimum atomic E-state index is 0.101. The topological polar surface area (TPSA) is 50.4 Å². The van der Waals surface area contributed by atoms with E-state index in [0.717, 1.165) is 10.5 Å². The van der Waals surface area contributed by atoms with E-state index in [-0.39, 0.29) is 5.75 Å². The average molecular weight is 221 g/mol. The fourth-order valence-electron chi connectivity index (χ4n) is 1.11. The molecule has 1 N–H and O–H groups in total. The molecule has 5 heteroatoms. The molecule has 4 nitrogen and oxygen atoms in total.